The minimum atomic E-state index is -0.108. The maximum atomic E-state index is 6.13. The molecule has 0 aliphatic carbocycles. The molecule has 5 heteroatoms. The number of nitrogens with one attached hydrogen (secondary N) is 1. The summed E-state index contributed by atoms with van der Waals surface area (Å²) in [7, 11) is 0. The predicted molar refractivity (Wildman–Crippen MR) is 87.9 cm³/mol. The Kier molecular flexibility index (Phi) is 4.35. The van der Waals surface area contributed by atoms with E-state index in [-0.39, 0.29) is 5.41 Å². The molecule has 0 aliphatic rings. The highest BCUT2D eigenvalue weighted by molar-refractivity contribution is 9.10. The van der Waals surface area contributed by atoms with Crippen LogP contribution in [0.3, 0.4) is 0 Å². The molecule has 0 aliphatic heterocycles. The molecular formula is C15H17BrClN3. The fraction of sp³-hybridized carbons (Fsp3) is 0.333. The average molecular weight is 355 g/mol. The molecule has 20 heavy (non-hydrogen) atoms. The molecule has 0 saturated carbocycles. The predicted octanol–water partition coefficient (Wildman–Crippen LogP) is 5.24. The molecule has 0 fully saturated rings. The van der Waals surface area contributed by atoms with Gasteiger partial charge in [-0.15, -0.1) is 0 Å². The zero-order valence-electron chi connectivity index (χ0n) is 12.0. The van der Waals surface area contributed by atoms with Crippen LogP contribution in [-0.4, -0.2) is 9.97 Å². The fourth-order valence-electron chi connectivity index (χ4n) is 1.70. The van der Waals surface area contributed by atoms with Gasteiger partial charge in [-0.2, -0.15) is 0 Å². The lowest BCUT2D eigenvalue weighted by Crippen LogP contribution is -2.17. The first-order chi connectivity index (χ1) is 9.27. The van der Waals surface area contributed by atoms with E-state index in [1.54, 1.807) is 0 Å². The summed E-state index contributed by atoms with van der Waals surface area (Å²) in [4.78, 5) is 9.00. The Balaban J connectivity index is 2.39. The molecule has 1 N–H and O–H groups in total. The van der Waals surface area contributed by atoms with Crippen LogP contribution in [0.4, 0.5) is 11.5 Å². The molecule has 2 rings (SSSR count). The SMILES string of the molecule is Cc1c(Cl)cccc1Nc1cc(Br)nc(C(C)(C)C)n1. The number of hydrogen-bond acceptors (Lipinski definition) is 3. The first-order valence-corrected chi connectivity index (χ1v) is 7.51. The molecule has 0 saturated heterocycles. The molecule has 0 amide bonds. The lowest BCUT2D eigenvalue weighted by atomic mass is 9.96. The molecule has 1 heterocycles. The highest BCUT2D eigenvalue weighted by Crippen LogP contribution is 2.28. The van der Waals surface area contributed by atoms with Crippen LogP contribution in [0, 0.1) is 6.92 Å². The van der Waals surface area contributed by atoms with Crippen molar-refractivity contribution in [2.24, 2.45) is 0 Å². The number of hydrogen-bond donors (Lipinski definition) is 1. The molecule has 3 nitrogen and oxygen atoms in total. The third-order valence-corrected chi connectivity index (χ3v) is 3.71. The number of anilines is 2. The second kappa shape index (κ2) is 5.70. The summed E-state index contributed by atoms with van der Waals surface area (Å²) >= 11 is 9.57. The van der Waals surface area contributed by atoms with E-state index in [1.807, 2.05) is 31.2 Å². The van der Waals surface area contributed by atoms with Crippen molar-refractivity contribution in [1.82, 2.24) is 9.97 Å². The van der Waals surface area contributed by atoms with E-state index in [0.29, 0.717) is 0 Å². The van der Waals surface area contributed by atoms with Crippen LogP contribution in [0.1, 0.15) is 32.2 Å². The third kappa shape index (κ3) is 3.49. The van der Waals surface area contributed by atoms with Crippen molar-refractivity contribution in [3.8, 4) is 0 Å². The zero-order valence-corrected chi connectivity index (χ0v) is 14.3. The summed E-state index contributed by atoms with van der Waals surface area (Å²) in [5, 5.41) is 4.04. The van der Waals surface area contributed by atoms with Crippen LogP contribution < -0.4 is 5.32 Å². The lowest BCUT2D eigenvalue weighted by Gasteiger charge is -2.18. The maximum Gasteiger partial charge on any atom is 0.137 e. The zero-order chi connectivity index (χ0) is 14.9. The fourth-order valence-corrected chi connectivity index (χ4v) is 2.26. The Morgan fingerprint density at radius 3 is 2.55 bits per heavy atom. The van der Waals surface area contributed by atoms with Gasteiger partial charge >= 0.3 is 0 Å². The van der Waals surface area contributed by atoms with Gasteiger partial charge < -0.3 is 5.32 Å². The van der Waals surface area contributed by atoms with Crippen LogP contribution >= 0.6 is 27.5 Å². The first kappa shape index (κ1) is 15.3. The van der Waals surface area contributed by atoms with E-state index in [9.17, 15) is 0 Å². The maximum absolute atomic E-state index is 6.13. The molecule has 0 spiro atoms. The Bertz CT molecular complexity index is 636. The van der Waals surface area contributed by atoms with Gasteiger partial charge in [0, 0.05) is 22.2 Å². The van der Waals surface area contributed by atoms with E-state index in [1.165, 1.54) is 0 Å². The van der Waals surface area contributed by atoms with E-state index in [0.717, 1.165) is 32.5 Å². The van der Waals surface area contributed by atoms with Gasteiger partial charge in [-0.25, -0.2) is 9.97 Å². The molecule has 0 bridgehead atoms. The number of rotatable bonds is 2. The normalized spacial score (nSPS) is 11.5. The van der Waals surface area contributed by atoms with Gasteiger partial charge in [0.2, 0.25) is 0 Å². The van der Waals surface area contributed by atoms with E-state index < -0.39 is 0 Å². The second-order valence-corrected chi connectivity index (χ2v) is 6.91. The topological polar surface area (TPSA) is 37.8 Å². The Hall–Kier alpha value is -1.13. The second-order valence-electron chi connectivity index (χ2n) is 5.69. The molecule has 1 aromatic heterocycles. The molecular weight excluding hydrogens is 338 g/mol. The van der Waals surface area contributed by atoms with Gasteiger partial charge in [0.05, 0.1) is 0 Å². The number of aromatic nitrogens is 2. The minimum absolute atomic E-state index is 0.108. The molecule has 0 atom stereocenters. The molecule has 0 radical (unpaired) electrons. The highest BCUT2D eigenvalue weighted by Gasteiger charge is 2.19. The van der Waals surface area contributed by atoms with Crippen LogP contribution in [0.25, 0.3) is 0 Å². The van der Waals surface area contributed by atoms with Gasteiger partial charge in [-0.05, 0) is 40.5 Å². The van der Waals surface area contributed by atoms with Crippen molar-refractivity contribution in [3.05, 3.63) is 45.3 Å². The van der Waals surface area contributed by atoms with Crippen molar-refractivity contribution in [2.45, 2.75) is 33.1 Å². The molecule has 1 aromatic carbocycles. The summed E-state index contributed by atoms with van der Waals surface area (Å²) < 4.78 is 0.764. The van der Waals surface area contributed by atoms with E-state index >= 15 is 0 Å². The van der Waals surface area contributed by atoms with Crippen LogP contribution in [0.5, 0.6) is 0 Å². The van der Waals surface area contributed by atoms with Crippen molar-refractivity contribution < 1.29 is 0 Å². The van der Waals surface area contributed by atoms with Gasteiger partial charge in [-0.1, -0.05) is 38.4 Å². The van der Waals surface area contributed by atoms with Crippen molar-refractivity contribution >= 4 is 39.0 Å². The van der Waals surface area contributed by atoms with E-state index in [2.05, 4.69) is 52.0 Å². The number of halogens is 2. The Morgan fingerprint density at radius 2 is 1.90 bits per heavy atom. The molecule has 0 unspecified atom stereocenters. The number of benzene rings is 1. The smallest absolute Gasteiger partial charge is 0.137 e. The van der Waals surface area contributed by atoms with Crippen molar-refractivity contribution in [1.29, 1.82) is 0 Å². The Morgan fingerprint density at radius 1 is 1.20 bits per heavy atom. The van der Waals surface area contributed by atoms with Gasteiger partial charge in [0.1, 0.15) is 16.2 Å². The largest absolute Gasteiger partial charge is 0.340 e. The van der Waals surface area contributed by atoms with Crippen LogP contribution in [0.2, 0.25) is 5.02 Å². The number of nitrogens with zero attached hydrogens (tertiary/aromatic N) is 2. The first-order valence-electron chi connectivity index (χ1n) is 6.34. The summed E-state index contributed by atoms with van der Waals surface area (Å²) in [6.07, 6.45) is 0. The van der Waals surface area contributed by atoms with E-state index in [4.69, 9.17) is 11.6 Å². The summed E-state index contributed by atoms with van der Waals surface area (Å²) in [6.45, 7) is 8.24. The molecule has 2 aromatic rings. The summed E-state index contributed by atoms with van der Waals surface area (Å²) in [5.41, 5.74) is 1.84. The summed E-state index contributed by atoms with van der Waals surface area (Å²) in [6, 6.07) is 7.63. The minimum Gasteiger partial charge on any atom is -0.340 e. The van der Waals surface area contributed by atoms with Crippen LogP contribution in [-0.2, 0) is 5.41 Å². The van der Waals surface area contributed by atoms with Gasteiger partial charge in [0.15, 0.2) is 0 Å². The third-order valence-electron chi connectivity index (χ3n) is 2.90. The quantitative estimate of drug-likeness (QED) is 0.749. The monoisotopic (exact) mass is 353 g/mol. The Labute approximate surface area is 132 Å². The lowest BCUT2D eigenvalue weighted by molar-refractivity contribution is 0.544. The summed E-state index contributed by atoms with van der Waals surface area (Å²) in [5.74, 6) is 1.54. The molecule has 106 valence electrons. The van der Waals surface area contributed by atoms with Gasteiger partial charge in [-0.3, -0.25) is 0 Å². The van der Waals surface area contributed by atoms with Gasteiger partial charge in [0.25, 0.3) is 0 Å². The van der Waals surface area contributed by atoms with Crippen LogP contribution in [0.15, 0.2) is 28.9 Å². The van der Waals surface area contributed by atoms with Crippen molar-refractivity contribution in [2.75, 3.05) is 5.32 Å². The average Bonchev–Trinajstić information content (AvgIpc) is 2.33. The highest BCUT2D eigenvalue weighted by atomic mass is 79.9. The van der Waals surface area contributed by atoms with Crippen molar-refractivity contribution in [3.63, 3.8) is 0 Å². The standard InChI is InChI=1S/C15H17BrClN3/c1-9-10(17)6-5-7-11(9)18-13-8-12(16)19-14(20-13)15(2,3)4/h5-8H,1-4H3,(H,18,19,20).